The third-order valence-electron chi connectivity index (χ3n) is 2.83. The van der Waals surface area contributed by atoms with E-state index in [1.54, 1.807) is 6.07 Å². The predicted octanol–water partition coefficient (Wildman–Crippen LogP) is 4.11. The topological polar surface area (TPSA) is 26.0 Å². The molecule has 0 saturated heterocycles. The Morgan fingerprint density at radius 1 is 1.00 bits per heavy atom. The minimum atomic E-state index is -0.925. The van der Waals surface area contributed by atoms with Gasteiger partial charge in [-0.3, -0.25) is 0 Å². The van der Waals surface area contributed by atoms with Crippen LogP contribution in [0, 0.1) is 17.5 Å². The van der Waals surface area contributed by atoms with Crippen LogP contribution in [-0.2, 0) is 6.42 Å². The molecule has 2 rings (SSSR count). The molecule has 0 radical (unpaired) electrons. The summed E-state index contributed by atoms with van der Waals surface area (Å²) in [7, 11) is 0. The smallest absolute Gasteiger partial charge is 0.159 e. The summed E-state index contributed by atoms with van der Waals surface area (Å²) in [5.74, 6) is -2.18. The van der Waals surface area contributed by atoms with Crippen LogP contribution in [0.3, 0.4) is 0 Å². The lowest BCUT2D eigenvalue weighted by Crippen LogP contribution is -2.14. The van der Waals surface area contributed by atoms with Gasteiger partial charge >= 0.3 is 0 Å². The molecule has 0 spiro atoms. The highest BCUT2D eigenvalue weighted by Gasteiger charge is 2.12. The lowest BCUT2D eigenvalue weighted by atomic mass is 9.99. The maximum absolute atomic E-state index is 13.1. The second kappa shape index (κ2) is 5.75. The monoisotopic (exact) mass is 329 g/mol. The number of rotatable bonds is 3. The van der Waals surface area contributed by atoms with Gasteiger partial charge < -0.3 is 5.73 Å². The van der Waals surface area contributed by atoms with E-state index >= 15 is 0 Å². The highest BCUT2D eigenvalue weighted by atomic mass is 79.9. The molecule has 0 saturated carbocycles. The Labute approximate surface area is 117 Å². The van der Waals surface area contributed by atoms with E-state index in [9.17, 15) is 13.2 Å². The fourth-order valence-electron chi connectivity index (χ4n) is 1.79. The Morgan fingerprint density at radius 2 is 1.74 bits per heavy atom. The van der Waals surface area contributed by atoms with Gasteiger partial charge in [-0.15, -0.1) is 0 Å². The van der Waals surface area contributed by atoms with Crippen LogP contribution in [0.1, 0.15) is 17.2 Å². The Hall–Kier alpha value is -1.33. The maximum atomic E-state index is 13.1. The van der Waals surface area contributed by atoms with E-state index < -0.39 is 17.7 Å². The molecule has 2 aromatic rings. The summed E-state index contributed by atoms with van der Waals surface area (Å²) in [4.78, 5) is 0. The average molecular weight is 330 g/mol. The van der Waals surface area contributed by atoms with Crippen molar-refractivity contribution in [1.82, 2.24) is 0 Å². The SMILES string of the molecule is NC(Cc1ccc(F)cc1Br)c1ccc(F)c(F)c1. The van der Waals surface area contributed by atoms with Crippen LogP contribution in [0.2, 0.25) is 0 Å². The fourth-order valence-corrected chi connectivity index (χ4v) is 2.30. The van der Waals surface area contributed by atoms with Crippen molar-refractivity contribution in [2.45, 2.75) is 12.5 Å². The van der Waals surface area contributed by atoms with Gasteiger partial charge in [0.15, 0.2) is 11.6 Å². The van der Waals surface area contributed by atoms with Gasteiger partial charge in [-0.1, -0.05) is 28.1 Å². The van der Waals surface area contributed by atoms with Crippen molar-refractivity contribution in [3.8, 4) is 0 Å². The van der Waals surface area contributed by atoms with Gasteiger partial charge in [0.2, 0.25) is 0 Å². The van der Waals surface area contributed by atoms with Gasteiger partial charge in [0.05, 0.1) is 0 Å². The van der Waals surface area contributed by atoms with Crippen LogP contribution in [0.5, 0.6) is 0 Å². The van der Waals surface area contributed by atoms with Crippen molar-refractivity contribution in [2.75, 3.05) is 0 Å². The van der Waals surface area contributed by atoms with E-state index in [4.69, 9.17) is 5.73 Å². The van der Waals surface area contributed by atoms with Crippen molar-refractivity contribution in [1.29, 1.82) is 0 Å². The second-order valence-corrected chi connectivity index (χ2v) is 5.07. The molecule has 1 nitrogen and oxygen atoms in total. The van der Waals surface area contributed by atoms with E-state index in [0.29, 0.717) is 16.5 Å². The number of hydrogen-bond acceptors (Lipinski definition) is 1. The second-order valence-electron chi connectivity index (χ2n) is 4.22. The van der Waals surface area contributed by atoms with Gasteiger partial charge in [0, 0.05) is 10.5 Å². The average Bonchev–Trinajstić information content (AvgIpc) is 2.36. The molecule has 0 aliphatic carbocycles. The third kappa shape index (κ3) is 3.36. The first-order valence-electron chi connectivity index (χ1n) is 5.62. The summed E-state index contributed by atoms with van der Waals surface area (Å²) >= 11 is 3.24. The molecule has 1 unspecified atom stereocenters. The van der Waals surface area contributed by atoms with Crippen LogP contribution in [0.25, 0.3) is 0 Å². The van der Waals surface area contributed by atoms with Crippen LogP contribution < -0.4 is 5.73 Å². The zero-order valence-corrected chi connectivity index (χ0v) is 11.4. The molecule has 2 N–H and O–H groups in total. The highest BCUT2D eigenvalue weighted by molar-refractivity contribution is 9.10. The molecule has 19 heavy (non-hydrogen) atoms. The van der Waals surface area contributed by atoms with Crippen molar-refractivity contribution in [3.05, 3.63) is 69.4 Å². The number of hydrogen-bond donors (Lipinski definition) is 1. The van der Waals surface area contributed by atoms with Gasteiger partial charge in [-0.2, -0.15) is 0 Å². The van der Waals surface area contributed by atoms with Crippen LogP contribution in [-0.4, -0.2) is 0 Å². The Morgan fingerprint density at radius 3 is 2.37 bits per heavy atom. The van der Waals surface area contributed by atoms with Crippen molar-refractivity contribution >= 4 is 15.9 Å². The van der Waals surface area contributed by atoms with Crippen LogP contribution >= 0.6 is 15.9 Å². The normalized spacial score (nSPS) is 12.5. The van der Waals surface area contributed by atoms with Gasteiger partial charge in [0.25, 0.3) is 0 Å². The molecule has 5 heteroatoms. The van der Waals surface area contributed by atoms with Crippen molar-refractivity contribution < 1.29 is 13.2 Å². The van der Waals surface area contributed by atoms with E-state index in [-0.39, 0.29) is 5.82 Å². The van der Waals surface area contributed by atoms with E-state index in [1.165, 1.54) is 18.2 Å². The van der Waals surface area contributed by atoms with Gasteiger partial charge in [0.1, 0.15) is 5.82 Å². The summed E-state index contributed by atoms with van der Waals surface area (Å²) in [6.07, 6.45) is 0.395. The van der Waals surface area contributed by atoms with Crippen LogP contribution in [0.15, 0.2) is 40.9 Å². The molecule has 0 bridgehead atoms. The minimum Gasteiger partial charge on any atom is -0.324 e. The molecule has 0 heterocycles. The molecule has 0 fully saturated rings. The number of nitrogens with two attached hydrogens (primary N) is 1. The molecule has 2 aromatic carbocycles. The lowest BCUT2D eigenvalue weighted by molar-refractivity contribution is 0.505. The molecule has 1 atom stereocenters. The maximum Gasteiger partial charge on any atom is 0.159 e. The van der Waals surface area contributed by atoms with Crippen LogP contribution in [0.4, 0.5) is 13.2 Å². The standard InChI is InChI=1S/C14H11BrF3N/c15-11-7-10(16)3-1-8(11)6-14(19)9-2-4-12(17)13(18)5-9/h1-5,7,14H,6,19H2. The molecular weight excluding hydrogens is 319 g/mol. The molecular formula is C14H11BrF3N. The van der Waals surface area contributed by atoms with E-state index in [2.05, 4.69) is 15.9 Å². The molecule has 0 aliphatic heterocycles. The largest absolute Gasteiger partial charge is 0.324 e. The summed E-state index contributed by atoms with van der Waals surface area (Å²) in [6, 6.07) is 7.36. The van der Waals surface area contributed by atoms with Gasteiger partial charge in [-0.05, 0) is 41.8 Å². The summed E-state index contributed by atoms with van der Waals surface area (Å²) in [6.45, 7) is 0. The van der Waals surface area contributed by atoms with E-state index in [0.717, 1.165) is 17.7 Å². The lowest BCUT2D eigenvalue weighted by Gasteiger charge is -2.13. The first kappa shape index (κ1) is 14.1. The zero-order valence-electron chi connectivity index (χ0n) is 9.84. The fraction of sp³-hybridized carbons (Fsp3) is 0.143. The quantitative estimate of drug-likeness (QED) is 0.901. The first-order chi connectivity index (χ1) is 8.97. The first-order valence-corrected chi connectivity index (χ1v) is 6.41. The number of benzene rings is 2. The van der Waals surface area contributed by atoms with Gasteiger partial charge in [-0.25, -0.2) is 13.2 Å². The zero-order chi connectivity index (χ0) is 14.0. The highest BCUT2D eigenvalue weighted by Crippen LogP contribution is 2.24. The Bertz CT molecular complexity index is 601. The predicted molar refractivity (Wildman–Crippen MR) is 71.1 cm³/mol. The molecule has 0 amide bonds. The molecule has 100 valence electrons. The minimum absolute atomic E-state index is 0.350. The molecule has 0 aromatic heterocycles. The summed E-state index contributed by atoms with van der Waals surface area (Å²) in [5, 5.41) is 0. The molecule has 0 aliphatic rings. The Balaban J connectivity index is 2.20. The van der Waals surface area contributed by atoms with Crippen molar-refractivity contribution in [2.24, 2.45) is 5.73 Å². The number of halogens is 4. The summed E-state index contributed by atoms with van der Waals surface area (Å²) < 4.78 is 39.5. The van der Waals surface area contributed by atoms with Crippen molar-refractivity contribution in [3.63, 3.8) is 0 Å². The summed E-state index contributed by atoms with van der Waals surface area (Å²) in [5.41, 5.74) is 7.25. The third-order valence-corrected chi connectivity index (χ3v) is 3.56. The van der Waals surface area contributed by atoms with E-state index in [1.807, 2.05) is 0 Å². The Kier molecular flexibility index (Phi) is 4.27.